The summed E-state index contributed by atoms with van der Waals surface area (Å²) in [5.41, 5.74) is 94.8. The lowest BCUT2D eigenvalue weighted by Gasteiger charge is -2.27. The lowest BCUT2D eigenvalue weighted by atomic mass is 9.88. The van der Waals surface area contributed by atoms with Gasteiger partial charge in [0.25, 0.3) is 0 Å². The molecule has 0 aromatic rings. The predicted molar refractivity (Wildman–Crippen MR) is 376 cm³/mol. The third kappa shape index (κ3) is 42.0. The average Bonchev–Trinajstić information content (AvgIpc) is 0.985. The van der Waals surface area contributed by atoms with Crippen LogP contribution in [0.3, 0.4) is 0 Å². The number of nitrogens with two attached hydrogens (primary N) is 17. The molecule has 0 saturated carbocycles. The number of carbonyl (C=O) groups is 9. The Morgan fingerprint density at radius 3 is 0.635 bits per heavy atom. The van der Waals surface area contributed by atoms with Crippen molar-refractivity contribution in [2.24, 2.45) is 167 Å². The van der Waals surface area contributed by atoms with Gasteiger partial charge in [0, 0.05) is 107 Å². The minimum atomic E-state index is -1.35. The molecule has 38 N–H and O–H groups in total. The van der Waals surface area contributed by atoms with Gasteiger partial charge in [0.05, 0.1) is 30.1 Å². The molecule has 0 aliphatic carbocycles. The van der Waals surface area contributed by atoms with Crippen LogP contribution in [0.4, 0.5) is 0 Å². The summed E-state index contributed by atoms with van der Waals surface area (Å²) in [6.07, 6.45) is 0.480. The van der Waals surface area contributed by atoms with Crippen molar-refractivity contribution in [1.82, 2.24) is 21.3 Å². The van der Waals surface area contributed by atoms with Gasteiger partial charge in [0.15, 0.2) is 70.8 Å². The number of nitrogens with one attached hydrogen (secondary N) is 4. The lowest BCUT2D eigenvalue weighted by molar-refractivity contribution is -0.136. The summed E-state index contributed by atoms with van der Waals surface area (Å²) in [5, 5.41) is 11.2. The van der Waals surface area contributed by atoms with Crippen molar-refractivity contribution < 1.29 is 43.2 Å². The van der Waals surface area contributed by atoms with Gasteiger partial charge in [0.1, 0.15) is 0 Å². The molecule has 0 radical (unpaired) electrons. The van der Waals surface area contributed by atoms with Gasteiger partial charge < -0.3 is 119 Å². The minimum Gasteiger partial charge on any atom is -0.370 e. The normalized spacial score (nSPS) is 13.6. The number of guanidine groups is 8. The zero-order valence-electron chi connectivity index (χ0n) is 55.4. The van der Waals surface area contributed by atoms with Crippen LogP contribution in [0.2, 0.25) is 0 Å². The van der Waals surface area contributed by atoms with Gasteiger partial charge in [-0.15, -0.1) is 0 Å². The number of ketones is 4. The molecule has 0 saturated heterocycles. The third-order valence-electron chi connectivity index (χ3n) is 15.0. The molecule has 0 unspecified atom stereocenters. The molecular formula is C57H111N29O9S. The van der Waals surface area contributed by atoms with E-state index in [9.17, 15) is 43.2 Å². The highest BCUT2D eigenvalue weighted by molar-refractivity contribution is 7.80. The fourth-order valence-corrected chi connectivity index (χ4v) is 10.2. The molecule has 39 heteroatoms. The maximum absolute atomic E-state index is 14.9. The maximum Gasteiger partial charge on any atom is 0.224 e. The summed E-state index contributed by atoms with van der Waals surface area (Å²) < 4.78 is 0. The van der Waals surface area contributed by atoms with Crippen LogP contribution in [0.25, 0.3) is 0 Å². The van der Waals surface area contributed by atoms with Gasteiger partial charge in [-0.3, -0.25) is 83.1 Å². The number of rotatable bonds is 55. The van der Waals surface area contributed by atoms with E-state index in [-0.39, 0.29) is 202 Å². The fraction of sp³-hybridized carbons (Fsp3) is 0.702. The van der Waals surface area contributed by atoms with Gasteiger partial charge in [-0.1, -0.05) is 6.92 Å². The summed E-state index contributed by atoms with van der Waals surface area (Å²) in [5.74, 6) is -12.6. The van der Waals surface area contributed by atoms with E-state index in [0.717, 1.165) is 0 Å². The van der Waals surface area contributed by atoms with Crippen molar-refractivity contribution >= 4 is 113 Å². The molecule has 38 nitrogen and oxygen atoms in total. The van der Waals surface area contributed by atoms with Crippen molar-refractivity contribution in [2.45, 2.75) is 166 Å². The predicted octanol–water partition coefficient (Wildman–Crippen LogP) is -6.90. The van der Waals surface area contributed by atoms with Gasteiger partial charge in [-0.05, 0) is 109 Å². The van der Waals surface area contributed by atoms with Crippen LogP contribution in [-0.4, -0.2) is 183 Å². The van der Waals surface area contributed by atoms with E-state index in [1.54, 1.807) is 0 Å². The Kier molecular flexibility index (Phi) is 45.1. The molecule has 0 rings (SSSR count). The number of thiol groups is 1. The number of amides is 5. The van der Waals surface area contributed by atoms with Gasteiger partial charge >= 0.3 is 0 Å². The first-order valence-corrected chi connectivity index (χ1v) is 32.6. The number of aliphatic imine (C=N–C) groups is 8. The molecule has 96 heavy (non-hydrogen) atoms. The topological polar surface area (TPSA) is 743 Å². The second kappa shape index (κ2) is 50.0. The van der Waals surface area contributed by atoms with Crippen LogP contribution in [0, 0.1) is 29.6 Å². The van der Waals surface area contributed by atoms with E-state index in [1.165, 1.54) is 0 Å². The van der Waals surface area contributed by atoms with Crippen molar-refractivity contribution in [3.8, 4) is 0 Å². The van der Waals surface area contributed by atoms with Gasteiger partial charge in [0.2, 0.25) is 29.5 Å². The molecule has 5 amide bonds. The zero-order valence-corrected chi connectivity index (χ0v) is 56.3. The minimum absolute atomic E-state index is 0.00596. The Hall–Kier alpha value is -9.46. The van der Waals surface area contributed by atoms with E-state index in [1.807, 2.05) is 6.92 Å². The number of Topliss-reactive ketones (excluding diaryl/α,β-unsaturated/α-hetero) is 4. The monoisotopic (exact) mass is 1380 g/mol. The van der Waals surface area contributed by atoms with Gasteiger partial charge in [-0.2, -0.15) is 12.6 Å². The number of hydrogen-bond donors (Lipinski definition) is 22. The van der Waals surface area contributed by atoms with Crippen LogP contribution in [0.1, 0.15) is 142 Å². The molecule has 0 aliphatic heterocycles. The second-order valence-corrected chi connectivity index (χ2v) is 23.4. The molecule has 0 spiro atoms. The first-order chi connectivity index (χ1) is 45.3. The van der Waals surface area contributed by atoms with Crippen LogP contribution < -0.4 is 119 Å². The molecule has 0 bridgehead atoms. The first kappa shape index (κ1) is 86.5. The first-order valence-electron chi connectivity index (χ1n) is 32.0. The quantitative estimate of drug-likeness (QED) is 0.0116. The number of hydrogen-bond acceptors (Lipinski definition) is 18. The summed E-state index contributed by atoms with van der Waals surface area (Å²) in [6, 6.07) is -5.01. The van der Waals surface area contributed by atoms with E-state index in [4.69, 9.17) is 97.5 Å². The van der Waals surface area contributed by atoms with Crippen LogP contribution in [-0.2, 0) is 43.2 Å². The maximum atomic E-state index is 14.9. The van der Waals surface area contributed by atoms with E-state index in [0.29, 0.717) is 19.3 Å². The summed E-state index contributed by atoms with van der Waals surface area (Å²) in [7, 11) is 0. The second-order valence-electron chi connectivity index (χ2n) is 23.0. The van der Waals surface area contributed by atoms with Gasteiger partial charge in [-0.25, -0.2) is 0 Å². The largest absolute Gasteiger partial charge is 0.370 e. The summed E-state index contributed by atoms with van der Waals surface area (Å²) in [4.78, 5) is 160. The van der Waals surface area contributed by atoms with Crippen LogP contribution in [0.15, 0.2) is 39.9 Å². The number of primary amides is 1. The Morgan fingerprint density at radius 2 is 0.458 bits per heavy atom. The smallest absolute Gasteiger partial charge is 0.224 e. The molecule has 9 atom stereocenters. The number of nitrogens with zero attached hydrogens (tertiary/aromatic N) is 8. The Bertz CT molecular complexity index is 2690. The highest BCUT2D eigenvalue weighted by Gasteiger charge is 2.36. The molecule has 0 aromatic heterocycles. The summed E-state index contributed by atoms with van der Waals surface area (Å²) >= 11 is 4.17. The van der Waals surface area contributed by atoms with Crippen LogP contribution >= 0.6 is 12.6 Å². The third-order valence-corrected chi connectivity index (χ3v) is 15.5. The lowest BCUT2D eigenvalue weighted by Crippen LogP contribution is -2.49. The van der Waals surface area contributed by atoms with Crippen molar-refractivity contribution in [3.63, 3.8) is 0 Å². The van der Waals surface area contributed by atoms with Crippen LogP contribution in [0.5, 0.6) is 0 Å². The van der Waals surface area contributed by atoms with E-state index >= 15 is 0 Å². The Labute approximate surface area is 566 Å². The standard InChI is InChI=1S/C57H111N29O9S/c1-2-32(11-3-19-75-50(59)60)46(92)83-37(15-7-23-79-54(67)68)41(87)27-33(12-4-20-76-51(61)62)47(93)84-38(16-8-24-80-55(69)70)42(88)28-34(13-5-21-77-52(63)64)48(94)85-39(17-9-25-81-56(71)72)43(89)29-35(14-6-22-78-53(65)66)49(95)86-40(18-10-26-82-57(73)74)44(90)30-36(31-96)45(58)91/h32-40,96H,2-31H2,1H3,(H2,58,91)(H,83,92)(H,84,93)(H,85,94)(H,86,95)(H4,59,60,75)(H4,61,62,76)(H4,63,64,77)(H4,65,66,78)(H4,67,68,79)(H4,69,70,80)(H4,71,72,81)(H4,73,74,82)/t32-,33+,34+,35+,36-,37-,38-,39-,40-/m1/s1. The molecule has 544 valence electrons. The van der Waals surface area contributed by atoms with Crippen molar-refractivity contribution in [1.29, 1.82) is 0 Å². The number of carbonyl (C=O) groups excluding carboxylic acids is 9. The average molecular weight is 1380 g/mol. The van der Waals surface area contributed by atoms with E-state index in [2.05, 4.69) is 73.8 Å². The molecule has 0 aromatic carbocycles. The Morgan fingerprint density at radius 1 is 0.281 bits per heavy atom. The fourth-order valence-electron chi connectivity index (χ4n) is 9.90. The highest BCUT2D eigenvalue weighted by Crippen LogP contribution is 2.23. The molecule has 0 aliphatic rings. The molecule has 0 heterocycles. The van der Waals surface area contributed by atoms with E-state index < -0.39 is 126 Å². The zero-order chi connectivity index (χ0) is 72.7. The summed E-state index contributed by atoms with van der Waals surface area (Å²) in [6.45, 7) is 2.41. The highest BCUT2D eigenvalue weighted by atomic mass is 32.1. The Balaban J connectivity index is 7.72. The SMILES string of the molecule is CC[C@H](CCCN=C(N)N)C(=O)N[C@H](CCCN=C(N)N)C(=O)C[C@H](CCCN=C(N)N)C(=O)N[C@H](CCCN=C(N)N)C(=O)C[C@H](CCCN=C(N)N)C(=O)N[C@H](CCCN=C(N)N)C(=O)C[C@H](CCCN=C(N)N)C(=O)N[C@H](CCCN=C(N)N)C(=O)C[C@H](CS)C(N)=O. The molecule has 0 fully saturated rings. The molecular weight excluding hydrogens is 1270 g/mol. The van der Waals surface area contributed by atoms with Crippen molar-refractivity contribution in [2.75, 3.05) is 58.1 Å². The van der Waals surface area contributed by atoms with Crippen molar-refractivity contribution in [3.05, 3.63) is 0 Å².